The molecular formula is C25H23F2N3O6S. The highest BCUT2D eigenvalue weighted by molar-refractivity contribution is 7.89. The summed E-state index contributed by atoms with van der Waals surface area (Å²) in [5.41, 5.74) is 0.102. The largest absolute Gasteiger partial charge is 0.478 e. The second kappa shape index (κ2) is 11.0. The minimum atomic E-state index is -3.72. The van der Waals surface area contributed by atoms with Crippen LogP contribution in [0.3, 0.4) is 0 Å². The Morgan fingerprint density at radius 3 is 2.30 bits per heavy atom. The Balaban J connectivity index is 1.62. The molecule has 9 nitrogen and oxygen atoms in total. The number of anilines is 1. The Hall–Kier alpha value is -3.90. The maximum absolute atomic E-state index is 14.3. The number of piperidine rings is 1. The van der Waals surface area contributed by atoms with Gasteiger partial charge in [-0.25, -0.2) is 27.0 Å². The van der Waals surface area contributed by atoms with Crippen molar-refractivity contribution >= 4 is 27.7 Å². The van der Waals surface area contributed by atoms with Crippen LogP contribution in [0.1, 0.15) is 41.3 Å². The van der Waals surface area contributed by atoms with E-state index in [0.29, 0.717) is 19.2 Å². The minimum Gasteiger partial charge on any atom is -0.478 e. The van der Waals surface area contributed by atoms with Gasteiger partial charge in [0.25, 0.3) is 5.91 Å². The lowest BCUT2D eigenvalue weighted by atomic mass is 10.1. The third-order valence-corrected chi connectivity index (χ3v) is 7.69. The van der Waals surface area contributed by atoms with Crippen LogP contribution in [-0.4, -0.2) is 47.8 Å². The molecule has 194 valence electrons. The van der Waals surface area contributed by atoms with Gasteiger partial charge >= 0.3 is 5.97 Å². The highest BCUT2D eigenvalue weighted by Gasteiger charge is 2.28. The van der Waals surface area contributed by atoms with E-state index in [1.807, 2.05) is 0 Å². The van der Waals surface area contributed by atoms with Crippen LogP contribution in [0.4, 0.5) is 14.6 Å². The number of carbonyl (C=O) groups is 2. The van der Waals surface area contributed by atoms with Gasteiger partial charge in [0, 0.05) is 30.9 Å². The number of nitrogens with one attached hydrogen (secondary N) is 1. The van der Waals surface area contributed by atoms with Crippen LogP contribution in [0.25, 0.3) is 0 Å². The summed E-state index contributed by atoms with van der Waals surface area (Å²) in [5.74, 6) is -4.26. The van der Waals surface area contributed by atoms with Crippen molar-refractivity contribution in [2.24, 2.45) is 0 Å². The fourth-order valence-corrected chi connectivity index (χ4v) is 5.34. The number of sulfonamides is 1. The van der Waals surface area contributed by atoms with E-state index in [9.17, 15) is 26.8 Å². The molecule has 1 saturated heterocycles. The average Bonchev–Trinajstić information content (AvgIpc) is 2.89. The van der Waals surface area contributed by atoms with Crippen LogP contribution in [0.2, 0.25) is 0 Å². The maximum atomic E-state index is 14.3. The van der Waals surface area contributed by atoms with Gasteiger partial charge in [0.2, 0.25) is 16.1 Å². The van der Waals surface area contributed by atoms with Gasteiger partial charge < -0.3 is 15.2 Å². The Bertz CT molecular complexity index is 1390. The molecule has 1 aromatic heterocycles. The first-order valence-electron chi connectivity index (χ1n) is 11.4. The molecule has 3 aromatic rings. The zero-order valence-electron chi connectivity index (χ0n) is 19.4. The van der Waals surface area contributed by atoms with Crippen molar-refractivity contribution in [3.8, 4) is 5.75 Å². The Morgan fingerprint density at radius 2 is 1.70 bits per heavy atom. The van der Waals surface area contributed by atoms with Crippen LogP contribution in [0.5, 0.6) is 5.75 Å². The number of hydrogen-bond acceptors (Lipinski definition) is 6. The van der Waals surface area contributed by atoms with Crippen LogP contribution in [0.15, 0.2) is 65.7 Å². The molecule has 2 heterocycles. The molecule has 4 rings (SSSR count). The van der Waals surface area contributed by atoms with Crippen molar-refractivity contribution in [1.82, 2.24) is 9.29 Å². The zero-order valence-corrected chi connectivity index (χ0v) is 20.2. The molecule has 1 aliphatic heterocycles. The molecule has 0 aliphatic carbocycles. The summed E-state index contributed by atoms with van der Waals surface area (Å²) in [5, 5.41) is 11.5. The number of aromatic carboxylic acids is 1. The summed E-state index contributed by atoms with van der Waals surface area (Å²) >= 11 is 0. The van der Waals surface area contributed by atoms with E-state index in [0.717, 1.165) is 37.6 Å². The number of nitrogens with zero attached hydrogens (tertiary/aromatic N) is 2. The van der Waals surface area contributed by atoms with Gasteiger partial charge in [-0.05, 0) is 49.2 Å². The lowest BCUT2D eigenvalue weighted by molar-refractivity contribution is -0.123. The average molecular weight is 532 g/mol. The molecule has 2 aromatic carbocycles. The number of benzene rings is 2. The number of pyridine rings is 1. The topological polar surface area (TPSA) is 126 Å². The first-order valence-corrected chi connectivity index (χ1v) is 12.8. The number of hydrogen-bond donors (Lipinski definition) is 2. The fraction of sp³-hybridized carbons (Fsp3) is 0.240. The molecule has 0 saturated carbocycles. The molecule has 2 N–H and O–H groups in total. The molecule has 0 radical (unpaired) electrons. The first-order chi connectivity index (χ1) is 17.6. The standard InChI is InChI=1S/C25H23F2N3O6S/c26-18-7-10-21(20(27)14-18)36-23(24(31)29-22-11-6-17(15-28-22)25(32)33)16-4-8-19(9-5-16)37(34,35)30-12-2-1-3-13-30/h4-11,14-15,23H,1-3,12-13H2,(H,32,33)(H,28,29,31). The number of aromatic nitrogens is 1. The summed E-state index contributed by atoms with van der Waals surface area (Å²) in [6.07, 6.45) is 2.09. The van der Waals surface area contributed by atoms with Crippen molar-refractivity contribution < 1.29 is 36.6 Å². The number of ether oxygens (including phenoxy) is 1. The predicted octanol–water partition coefficient (Wildman–Crippen LogP) is 3.99. The molecule has 0 spiro atoms. The van der Waals surface area contributed by atoms with Crippen LogP contribution < -0.4 is 10.1 Å². The minimum absolute atomic E-state index is 0.00692. The second-order valence-electron chi connectivity index (χ2n) is 8.33. The van der Waals surface area contributed by atoms with Gasteiger partial charge in [0.05, 0.1) is 10.5 Å². The maximum Gasteiger partial charge on any atom is 0.337 e. The van der Waals surface area contributed by atoms with Crippen LogP contribution >= 0.6 is 0 Å². The van der Waals surface area contributed by atoms with Gasteiger partial charge in [-0.2, -0.15) is 4.31 Å². The molecule has 37 heavy (non-hydrogen) atoms. The molecular weight excluding hydrogens is 508 g/mol. The number of carbonyl (C=O) groups excluding carboxylic acids is 1. The van der Waals surface area contributed by atoms with Gasteiger partial charge in [-0.15, -0.1) is 0 Å². The van der Waals surface area contributed by atoms with Crippen molar-refractivity contribution in [3.63, 3.8) is 0 Å². The van der Waals surface area contributed by atoms with Crippen molar-refractivity contribution in [2.75, 3.05) is 18.4 Å². The highest BCUT2D eigenvalue weighted by Crippen LogP contribution is 2.28. The van der Waals surface area contributed by atoms with E-state index in [2.05, 4.69) is 10.3 Å². The lowest BCUT2D eigenvalue weighted by Crippen LogP contribution is -2.35. The van der Waals surface area contributed by atoms with Crippen LogP contribution in [-0.2, 0) is 14.8 Å². The summed E-state index contributed by atoms with van der Waals surface area (Å²) in [7, 11) is -3.72. The predicted molar refractivity (Wildman–Crippen MR) is 129 cm³/mol. The van der Waals surface area contributed by atoms with E-state index >= 15 is 0 Å². The van der Waals surface area contributed by atoms with E-state index in [1.165, 1.54) is 40.7 Å². The Morgan fingerprint density at radius 1 is 1.00 bits per heavy atom. The highest BCUT2D eigenvalue weighted by atomic mass is 32.2. The molecule has 0 bridgehead atoms. The number of halogens is 2. The smallest absolute Gasteiger partial charge is 0.337 e. The summed E-state index contributed by atoms with van der Waals surface area (Å²) in [6.45, 7) is 0.853. The summed E-state index contributed by atoms with van der Waals surface area (Å²) in [6, 6.07) is 10.5. The normalized spacial score (nSPS) is 15.1. The van der Waals surface area contributed by atoms with E-state index < -0.39 is 45.4 Å². The monoisotopic (exact) mass is 531 g/mol. The van der Waals surface area contributed by atoms with Gasteiger partial charge in [-0.1, -0.05) is 18.6 Å². The summed E-state index contributed by atoms with van der Waals surface area (Å²) < 4.78 is 60.6. The van der Waals surface area contributed by atoms with Crippen LogP contribution in [0, 0.1) is 11.6 Å². The second-order valence-corrected chi connectivity index (χ2v) is 10.3. The summed E-state index contributed by atoms with van der Waals surface area (Å²) in [4.78, 5) is 28.1. The van der Waals surface area contributed by atoms with E-state index in [1.54, 1.807) is 0 Å². The SMILES string of the molecule is O=C(O)c1ccc(NC(=O)C(Oc2ccc(F)cc2F)c2ccc(S(=O)(=O)N3CCCCC3)cc2)nc1. The Kier molecular flexibility index (Phi) is 7.79. The molecule has 1 aliphatic rings. The molecule has 1 atom stereocenters. The first kappa shape index (κ1) is 26.2. The number of rotatable bonds is 8. The molecule has 1 fully saturated rings. The molecule has 1 unspecified atom stereocenters. The molecule has 12 heteroatoms. The van der Waals surface area contributed by atoms with Gasteiger partial charge in [0.15, 0.2) is 11.6 Å². The van der Waals surface area contributed by atoms with Crippen molar-refractivity contribution in [1.29, 1.82) is 0 Å². The number of amides is 1. The quantitative estimate of drug-likeness (QED) is 0.450. The fourth-order valence-electron chi connectivity index (χ4n) is 3.83. The molecule has 1 amide bonds. The Labute approximate surface area is 211 Å². The third kappa shape index (κ3) is 6.09. The van der Waals surface area contributed by atoms with E-state index in [-0.39, 0.29) is 21.8 Å². The van der Waals surface area contributed by atoms with Gasteiger partial charge in [0.1, 0.15) is 11.6 Å². The van der Waals surface area contributed by atoms with Crippen molar-refractivity contribution in [3.05, 3.63) is 83.6 Å². The lowest BCUT2D eigenvalue weighted by Gasteiger charge is -2.26. The zero-order chi connectivity index (χ0) is 26.6. The van der Waals surface area contributed by atoms with Gasteiger partial charge in [-0.3, -0.25) is 4.79 Å². The third-order valence-electron chi connectivity index (χ3n) is 5.77. The van der Waals surface area contributed by atoms with Crippen molar-refractivity contribution in [2.45, 2.75) is 30.3 Å². The van der Waals surface area contributed by atoms with E-state index in [4.69, 9.17) is 9.84 Å². The number of carboxylic acid groups (broad SMARTS) is 1. The number of carboxylic acids is 1.